The summed E-state index contributed by atoms with van der Waals surface area (Å²) in [6.07, 6.45) is 2.05. The summed E-state index contributed by atoms with van der Waals surface area (Å²) in [5.41, 5.74) is 1.23. The highest BCUT2D eigenvalue weighted by Crippen LogP contribution is 2.06. The Labute approximate surface area is 124 Å². The van der Waals surface area contributed by atoms with Crippen molar-refractivity contribution in [1.29, 1.82) is 0 Å². The molecule has 0 N–H and O–H groups in total. The Bertz CT molecular complexity index is 354. The van der Waals surface area contributed by atoms with E-state index in [9.17, 15) is 4.79 Å². The van der Waals surface area contributed by atoms with Gasteiger partial charge in [0.1, 0.15) is 0 Å². The number of alkyl halides is 2. The number of halogens is 2. The molecule has 1 aromatic carbocycles. The Morgan fingerprint density at radius 3 is 2.32 bits per heavy atom. The summed E-state index contributed by atoms with van der Waals surface area (Å²) in [6.45, 7) is 0.997. The molecule has 0 saturated heterocycles. The van der Waals surface area contributed by atoms with E-state index in [1.165, 1.54) is 10.6 Å². The van der Waals surface area contributed by atoms with Gasteiger partial charge in [-0.15, -0.1) is 28.3 Å². The third-order valence-electron chi connectivity index (χ3n) is 2.59. The molecule has 0 spiro atoms. The zero-order valence-electron chi connectivity index (χ0n) is 10.9. The van der Waals surface area contributed by atoms with Gasteiger partial charge in [0.05, 0.1) is 0 Å². The fourth-order valence-electron chi connectivity index (χ4n) is 1.66. The largest absolute Gasteiger partial charge is 0.368 e. The van der Waals surface area contributed by atoms with E-state index in [1.54, 1.807) is 0 Å². The van der Waals surface area contributed by atoms with Gasteiger partial charge in [0, 0.05) is 31.3 Å². The zero-order valence-corrected chi connectivity index (χ0v) is 12.4. The van der Waals surface area contributed by atoms with E-state index >= 15 is 0 Å². The van der Waals surface area contributed by atoms with Crippen LogP contribution in [0.15, 0.2) is 30.3 Å². The van der Waals surface area contributed by atoms with Crippen molar-refractivity contribution < 1.29 is 9.63 Å². The number of hydrogen-bond acceptors (Lipinski definition) is 3. The van der Waals surface area contributed by atoms with Crippen molar-refractivity contribution in [2.24, 2.45) is 0 Å². The first kappa shape index (κ1) is 16.3. The third kappa shape index (κ3) is 7.41. The lowest BCUT2D eigenvalue weighted by Crippen LogP contribution is -2.31. The molecule has 0 bridgehead atoms. The van der Waals surface area contributed by atoms with Crippen molar-refractivity contribution in [3.8, 4) is 0 Å². The van der Waals surface area contributed by atoms with E-state index in [4.69, 9.17) is 28.0 Å². The van der Waals surface area contributed by atoms with Crippen molar-refractivity contribution in [2.45, 2.75) is 19.3 Å². The monoisotopic (exact) mass is 303 g/mol. The van der Waals surface area contributed by atoms with Gasteiger partial charge in [-0.3, -0.25) is 4.79 Å². The van der Waals surface area contributed by atoms with Gasteiger partial charge in [0.25, 0.3) is 0 Å². The smallest absolute Gasteiger partial charge is 0.325 e. The predicted molar refractivity (Wildman–Crippen MR) is 78.5 cm³/mol. The molecule has 19 heavy (non-hydrogen) atoms. The van der Waals surface area contributed by atoms with Crippen LogP contribution in [0.1, 0.15) is 18.4 Å². The summed E-state index contributed by atoms with van der Waals surface area (Å²) < 4.78 is 0. The highest BCUT2D eigenvalue weighted by atomic mass is 35.5. The number of nitrogens with zero attached hydrogens (tertiary/aromatic N) is 1. The van der Waals surface area contributed by atoms with Crippen molar-refractivity contribution in [2.75, 3.05) is 24.8 Å². The van der Waals surface area contributed by atoms with Crippen LogP contribution in [0.5, 0.6) is 0 Å². The van der Waals surface area contributed by atoms with Gasteiger partial charge in [-0.2, -0.15) is 0 Å². The molecule has 0 unspecified atom stereocenters. The molecule has 0 aliphatic carbocycles. The van der Waals surface area contributed by atoms with E-state index in [-0.39, 0.29) is 5.97 Å². The highest BCUT2D eigenvalue weighted by Gasteiger charge is 2.10. The van der Waals surface area contributed by atoms with Crippen LogP contribution in [-0.2, 0) is 16.1 Å². The molecule has 0 aliphatic rings. The first-order valence-electron chi connectivity index (χ1n) is 6.38. The summed E-state index contributed by atoms with van der Waals surface area (Å²) >= 11 is 11.2. The molecule has 0 radical (unpaired) electrons. The number of benzene rings is 1. The number of carbonyl (C=O) groups excluding carboxylic acids is 1. The Balaban J connectivity index is 2.23. The van der Waals surface area contributed by atoms with Gasteiger partial charge >= 0.3 is 5.97 Å². The van der Waals surface area contributed by atoms with Crippen LogP contribution in [0.25, 0.3) is 0 Å². The van der Waals surface area contributed by atoms with Crippen LogP contribution in [0, 0.1) is 0 Å². The Morgan fingerprint density at radius 2 is 1.74 bits per heavy atom. The standard InChI is InChI=1S/C14H19Cl2NO2/c15-9-11-17(12-10-16)19-14(18)8-4-7-13-5-2-1-3-6-13/h1-3,5-6H,4,7-12H2. The molecule has 0 amide bonds. The van der Waals surface area contributed by atoms with E-state index in [2.05, 4.69) is 12.1 Å². The fourth-order valence-corrected chi connectivity index (χ4v) is 2.04. The molecule has 1 aromatic rings. The molecule has 106 valence electrons. The molecule has 0 fully saturated rings. The SMILES string of the molecule is O=C(CCCc1ccccc1)ON(CCCl)CCCl. The minimum Gasteiger partial charge on any atom is -0.368 e. The molecule has 0 aromatic heterocycles. The second-order valence-electron chi connectivity index (χ2n) is 4.11. The summed E-state index contributed by atoms with van der Waals surface area (Å²) in [5, 5.41) is 1.52. The molecular formula is C14H19Cl2NO2. The van der Waals surface area contributed by atoms with Crippen molar-refractivity contribution in [3.05, 3.63) is 35.9 Å². The lowest BCUT2D eigenvalue weighted by Gasteiger charge is -2.18. The van der Waals surface area contributed by atoms with Crippen molar-refractivity contribution in [1.82, 2.24) is 5.06 Å². The minimum atomic E-state index is -0.230. The summed E-state index contributed by atoms with van der Waals surface area (Å²) in [4.78, 5) is 16.8. The van der Waals surface area contributed by atoms with Gasteiger partial charge in [-0.25, -0.2) is 0 Å². The van der Waals surface area contributed by atoms with Crippen LogP contribution in [0.4, 0.5) is 0 Å². The van der Waals surface area contributed by atoms with Crippen LogP contribution < -0.4 is 0 Å². The average molecular weight is 304 g/mol. The molecule has 0 saturated carbocycles. The van der Waals surface area contributed by atoms with Gasteiger partial charge < -0.3 is 4.84 Å². The normalized spacial score (nSPS) is 10.7. The van der Waals surface area contributed by atoms with Gasteiger partial charge in [0.2, 0.25) is 0 Å². The number of carbonyl (C=O) groups is 1. The molecule has 5 heteroatoms. The Kier molecular flexibility index (Phi) is 8.63. The summed E-state index contributed by atoms with van der Waals surface area (Å²) in [5.74, 6) is 0.591. The first-order valence-corrected chi connectivity index (χ1v) is 7.44. The average Bonchev–Trinajstić information content (AvgIpc) is 2.40. The molecule has 0 aliphatic heterocycles. The number of hydrogen-bond donors (Lipinski definition) is 0. The van der Waals surface area contributed by atoms with Gasteiger partial charge in [0.15, 0.2) is 0 Å². The van der Waals surface area contributed by atoms with Crippen LogP contribution in [0.3, 0.4) is 0 Å². The second kappa shape index (κ2) is 10.1. The Morgan fingerprint density at radius 1 is 1.11 bits per heavy atom. The minimum absolute atomic E-state index is 0.230. The maximum absolute atomic E-state index is 11.6. The van der Waals surface area contributed by atoms with Crippen LogP contribution >= 0.6 is 23.2 Å². The van der Waals surface area contributed by atoms with E-state index in [0.717, 1.165) is 12.8 Å². The number of aryl methyl sites for hydroxylation is 1. The first-order chi connectivity index (χ1) is 9.26. The van der Waals surface area contributed by atoms with Gasteiger partial charge in [-0.05, 0) is 18.4 Å². The number of hydroxylamine groups is 2. The summed E-state index contributed by atoms with van der Waals surface area (Å²) in [7, 11) is 0. The topological polar surface area (TPSA) is 29.5 Å². The Hall–Kier alpha value is -0.770. The van der Waals surface area contributed by atoms with E-state index in [0.29, 0.717) is 31.3 Å². The molecule has 1 rings (SSSR count). The molecular weight excluding hydrogens is 285 g/mol. The predicted octanol–water partition coefficient (Wildman–Crippen LogP) is 3.25. The van der Waals surface area contributed by atoms with E-state index in [1.807, 2.05) is 18.2 Å². The molecule has 3 nitrogen and oxygen atoms in total. The van der Waals surface area contributed by atoms with Crippen LogP contribution in [-0.4, -0.2) is 35.9 Å². The van der Waals surface area contributed by atoms with Crippen molar-refractivity contribution >= 4 is 29.2 Å². The lowest BCUT2D eigenvalue weighted by molar-refractivity contribution is -0.188. The maximum atomic E-state index is 11.6. The van der Waals surface area contributed by atoms with E-state index < -0.39 is 0 Å². The zero-order chi connectivity index (χ0) is 13.9. The van der Waals surface area contributed by atoms with Gasteiger partial charge in [-0.1, -0.05) is 30.3 Å². The van der Waals surface area contributed by atoms with Crippen molar-refractivity contribution in [3.63, 3.8) is 0 Å². The molecule has 0 atom stereocenters. The highest BCUT2D eigenvalue weighted by molar-refractivity contribution is 6.18. The summed E-state index contributed by atoms with van der Waals surface area (Å²) in [6, 6.07) is 10.1. The maximum Gasteiger partial charge on any atom is 0.325 e. The second-order valence-corrected chi connectivity index (χ2v) is 4.87. The quantitative estimate of drug-likeness (QED) is 0.518. The fraction of sp³-hybridized carbons (Fsp3) is 0.500. The third-order valence-corrected chi connectivity index (χ3v) is 2.93. The molecule has 0 heterocycles. The van der Waals surface area contributed by atoms with Crippen LogP contribution in [0.2, 0.25) is 0 Å². The lowest BCUT2D eigenvalue weighted by atomic mass is 10.1. The number of rotatable bonds is 9.